The van der Waals surface area contributed by atoms with E-state index in [2.05, 4.69) is 4.40 Å². The van der Waals surface area contributed by atoms with E-state index in [-0.39, 0.29) is 23.8 Å². The van der Waals surface area contributed by atoms with Crippen LogP contribution < -0.4 is 0 Å². The molecule has 0 N–H and O–H groups in total. The van der Waals surface area contributed by atoms with Crippen molar-refractivity contribution in [3.05, 3.63) is 9.94 Å². The van der Waals surface area contributed by atoms with E-state index < -0.39 is 14.9 Å². The Kier molecular flexibility index (Phi) is 2.72. The summed E-state index contributed by atoms with van der Waals surface area (Å²) in [7, 11) is -3.92. The smallest absolute Gasteiger partial charge is 0.290 e. The monoisotopic (exact) mass is 223 g/mol. The summed E-state index contributed by atoms with van der Waals surface area (Å²) < 4.78 is 30.1. The average molecular weight is 224 g/mol. The quantitative estimate of drug-likeness (QED) is 0.636. The molecular weight excluding hydrogens is 218 g/mol. The summed E-state index contributed by atoms with van der Waals surface area (Å²) in [6.07, 6.45) is 0.146. The number of carbonyl (C=O) groups is 1. The lowest BCUT2D eigenvalue weighted by Gasteiger charge is -1.98. The molecule has 0 fully saturated rings. The number of hydrogen-bond donors (Lipinski definition) is 0. The third kappa shape index (κ3) is 1.73. The van der Waals surface area contributed by atoms with Crippen molar-refractivity contribution in [3.8, 4) is 0 Å². The fourth-order valence-corrected chi connectivity index (χ4v) is 2.14. The van der Waals surface area contributed by atoms with Crippen LogP contribution in [0.15, 0.2) is 14.3 Å². The molecule has 1 rings (SSSR count). The number of sulfonamides is 1. The lowest BCUT2D eigenvalue weighted by atomic mass is 10.5. The standard InChI is InChI=1S/C6H6ClNO4S/c1-2-12-6-5(7)4(3-9)13(10,11)8-6/h3H,2H2,1H3. The van der Waals surface area contributed by atoms with Crippen molar-refractivity contribution in [1.82, 2.24) is 0 Å². The van der Waals surface area contributed by atoms with E-state index in [1.807, 2.05) is 0 Å². The molecule has 1 heterocycles. The Labute approximate surface area is 80.1 Å². The van der Waals surface area contributed by atoms with Gasteiger partial charge in [0.15, 0.2) is 11.2 Å². The maximum absolute atomic E-state index is 11.0. The zero-order valence-corrected chi connectivity index (χ0v) is 8.22. The van der Waals surface area contributed by atoms with Gasteiger partial charge in [-0.25, -0.2) is 0 Å². The van der Waals surface area contributed by atoms with Crippen LogP contribution in [-0.2, 0) is 19.6 Å². The minimum absolute atomic E-state index is 0.146. The number of allylic oxidation sites excluding steroid dienone is 1. The Hall–Kier alpha value is -0.880. The van der Waals surface area contributed by atoms with Crippen LogP contribution in [0.2, 0.25) is 0 Å². The largest absolute Gasteiger partial charge is 0.476 e. The number of carbonyl (C=O) groups excluding carboxylic acids is 1. The molecule has 0 aromatic rings. The molecule has 7 heteroatoms. The number of rotatable bonds is 2. The Morgan fingerprint density at radius 3 is 2.62 bits per heavy atom. The summed E-state index contributed by atoms with van der Waals surface area (Å²) in [6, 6.07) is 0. The van der Waals surface area contributed by atoms with E-state index in [0.29, 0.717) is 0 Å². The van der Waals surface area contributed by atoms with Crippen molar-refractivity contribution in [3.63, 3.8) is 0 Å². The van der Waals surface area contributed by atoms with Gasteiger partial charge in [-0.15, -0.1) is 4.40 Å². The van der Waals surface area contributed by atoms with E-state index in [1.54, 1.807) is 6.92 Å². The molecule has 13 heavy (non-hydrogen) atoms. The average Bonchev–Trinajstić information content (AvgIpc) is 2.23. The molecule has 0 saturated heterocycles. The van der Waals surface area contributed by atoms with Crippen LogP contribution in [0.3, 0.4) is 0 Å². The van der Waals surface area contributed by atoms with Crippen LogP contribution in [-0.4, -0.2) is 27.2 Å². The topological polar surface area (TPSA) is 72.8 Å². The molecule has 0 unspecified atom stereocenters. The highest BCUT2D eigenvalue weighted by atomic mass is 35.5. The van der Waals surface area contributed by atoms with Gasteiger partial charge in [-0.1, -0.05) is 11.6 Å². The van der Waals surface area contributed by atoms with Gasteiger partial charge in [0.2, 0.25) is 5.90 Å². The first kappa shape index (κ1) is 10.2. The maximum atomic E-state index is 11.0. The normalized spacial score (nSPS) is 20.0. The number of halogens is 1. The maximum Gasteiger partial charge on any atom is 0.290 e. The van der Waals surface area contributed by atoms with Gasteiger partial charge in [0.05, 0.1) is 6.61 Å². The SMILES string of the molecule is CCOC1=NS(=O)(=O)C(C=O)=C1Cl. The molecule has 0 aromatic heterocycles. The van der Waals surface area contributed by atoms with Crippen molar-refractivity contribution in [1.29, 1.82) is 0 Å². The Morgan fingerprint density at radius 1 is 1.62 bits per heavy atom. The second-order valence-corrected chi connectivity index (χ2v) is 4.05. The van der Waals surface area contributed by atoms with Crippen LogP contribution in [0.5, 0.6) is 0 Å². The fraction of sp³-hybridized carbons (Fsp3) is 0.333. The van der Waals surface area contributed by atoms with Gasteiger partial charge in [-0.2, -0.15) is 8.42 Å². The van der Waals surface area contributed by atoms with Crippen molar-refractivity contribution in [2.45, 2.75) is 6.92 Å². The van der Waals surface area contributed by atoms with Gasteiger partial charge < -0.3 is 4.74 Å². The lowest BCUT2D eigenvalue weighted by molar-refractivity contribution is -0.104. The number of ether oxygens (including phenoxy) is 1. The molecule has 1 aliphatic heterocycles. The second-order valence-electron chi connectivity index (χ2n) is 2.10. The minimum atomic E-state index is -3.92. The molecule has 1 aliphatic rings. The van der Waals surface area contributed by atoms with Crippen LogP contribution in [0.4, 0.5) is 0 Å². The number of nitrogens with zero attached hydrogens (tertiary/aromatic N) is 1. The highest BCUT2D eigenvalue weighted by Gasteiger charge is 2.32. The van der Waals surface area contributed by atoms with Gasteiger partial charge in [0.25, 0.3) is 10.0 Å². The predicted molar refractivity (Wildman–Crippen MR) is 46.9 cm³/mol. The van der Waals surface area contributed by atoms with Crippen molar-refractivity contribution < 1.29 is 17.9 Å². The third-order valence-electron chi connectivity index (χ3n) is 1.27. The molecule has 5 nitrogen and oxygen atoms in total. The van der Waals surface area contributed by atoms with Gasteiger partial charge in [0, 0.05) is 0 Å². The van der Waals surface area contributed by atoms with E-state index in [9.17, 15) is 13.2 Å². The van der Waals surface area contributed by atoms with Gasteiger partial charge in [-0.3, -0.25) is 4.79 Å². The highest BCUT2D eigenvalue weighted by molar-refractivity contribution is 7.95. The Morgan fingerprint density at radius 2 is 2.23 bits per heavy atom. The molecule has 72 valence electrons. The molecule has 0 aromatic carbocycles. The van der Waals surface area contributed by atoms with Gasteiger partial charge >= 0.3 is 0 Å². The fourth-order valence-electron chi connectivity index (χ4n) is 0.756. The third-order valence-corrected chi connectivity index (χ3v) is 3.01. The zero-order chi connectivity index (χ0) is 10.1. The second kappa shape index (κ2) is 3.47. The molecule has 0 aliphatic carbocycles. The first-order chi connectivity index (χ1) is 6.03. The first-order valence-electron chi connectivity index (χ1n) is 3.36. The van der Waals surface area contributed by atoms with E-state index in [0.717, 1.165) is 0 Å². The summed E-state index contributed by atoms with van der Waals surface area (Å²) in [5.41, 5.74) is 0. The summed E-state index contributed by atoms with van der Waals surface area (Å²) in [4.78, 5) is 9.79. The summed E-state index contributed by atoms with van der Waals surface area (Å²) >= 11 is 5.52. The van der Waals surface area contributed by atoms with Crippen molar-refractivity contribution in [2.75, 3.05) is 6.61 Å². The minimum Gasteiger partial charge on any atom is -0.476 e. The van der Waals surface area contributed by atoms with E-state index in [1.165, 1.54) is 0 Å². The van der Waals surface area contributed by atoms with Crippen molar-refractivity contribution in [2.24, 2.45) is 4.40 Å². The Bertz CT molecular complexity index is 395. The first-order valence-corrected chi connectivity index (χ1v) is 5.17. The molecule has 0 spiro atoms. The molecule has 0 saturated carbocycles. The van der Waals surface area contributed by atoms with Crippen LogP contribution >= 0.6 is 11.6 Å². The molecule has 0 atom stereocenters. The molecular formula is C6H6ClNO4S. The van der Waals surface area contributed by atoms with E-state index in [4.69, 9.17) is 16.3 Å². The van der Waals surface area contributed by atoms with Crippen LogP contribution in [0.1, 0.15) is 6.92 Å². The predicted octanol–water partition coefficient (Wildman–Crippen LogP) is 0.414. The highest BCUT2D eigenvalue weighted by Crippen LogP contribution is 2.25. The Balaban J connectivity index is 3.20. The molecule has 0 amide bonds. The van der Waals surface area contributed by atoms with Crippen LogP contribution in [0, 0.1) is 0 Å². The van der Waals surface area contributed by atoms with Crippen molar-refractivity contribution >= 4 is 33.8 Å². The summed E-state index contributed by atoms with van der Waals surface area (Å²) in [5, 5.41) is -0.253. The summed E-state index contributed by atoms with van der Waals surface area (Å²) in [6.45, 7) is 1.88. The van der Waals surface area contributed by atoms with Gasteiger partial charge in [-0.05, 0) is 6.92 Å². The van der Waals surface area contributed by atoms with Crippen LogP contribution in [0.25, 0.3) is 0 Å². The van der Waals surface area contributed by atoms with Gasteiger partial charge in [0.1, 0.15) is 5.03 Å². The number of aldehydes is 1. The lowest BCUT2D eigenvalue weighted by Crippen LogP contribution is -2.02. The molecule has 0 radical (unpaired) electrons. The zero-order valence-electron chi connectivity index (χ0n) is 6.65. The van der Waals surface area contributed by atoms with E-state index >= 15 is 0 Å². The summed E-state index contributed by atoms with van der Waals surface area (Å²) in [5.74, 6) is -0.216. The number of hydrogen-bond acceptors (Lipinski definition) is 4. The molecule has 0 bridgehead atoms.